The fourth-order valence-corrected chi connectivity index (χ4v) is 4.43. The van der Waals surface area contributed by atoms with Crippen LogP contribution >= 0.6 is 0 Å². The van der Waals surface area contributed by atoms with E-state index in [4.69, 9.17) is 14.4 Å². The molecule has 0 bridgehead atoms. The average molecular weight is 485 g/mol. The first kappa shape index (κ1) is 23.7. The van der Waals surface area contributed by atoms with Crippen molar-refractivity contribution >= 4 is 29.4 Å². The molecule has 0 amide bonds. The Bertz CT molecular complexity index is 1280. The van der Waals surface area contributed by atoms with Gasteiger partial charge in [-0.05, 0) is 36.4 Å². The van der Waals surface area contributed by atoms with Crippen LogP contribution in [0.1, 0.15) is 17.7 Å². The van der Waals surface area contributed by atoms with Gasteiger partial charge in [-0.15, -0.1) is 0 Å². The Hall–Kier alpha value is -4.08. The number of aldehydes is 1. The highest BCUT2D eigenvalue weighted by atomic mass is 16.3. The Labute approximate surface area is 209 Å². The highest BCUT2D eigenvalue weighted by Crippen LogP contribution is 2.33. The quantitative estimate of drug-likeness (QED) is 0.324. The number of fused-ring (bicyclic) bond motifs is 1. The van der Waals surface area contributed by atoms with Crippen molar-refractivity contribution < 1.29 is 14.3 Å². The van der Waals surface area contributed by atoms with Crippen LogP contribution in [0.2, 0.25) is 0 Å². The van der Waals surface area contributed by atoms with Crippen molar-refractivity contribution in [1.29, 1.82) is 0 Å². The third-order valence-corrected chi connectivity index (χ3v) is 6.19. The zero-order valence-corrected chi connectivity index (χ0v) is 19.9. The van der Waals surface area contributed by atoms with E-state index in [1.165, 1.54) is 6.39 Å². The van der Waals surface area contributed by atoms with Crippen LogP contribution in [0.15, 0.2) is 71.6 Å². The number of hydrogen-bond donors (Lipinski definition) is 2. The molecular weight excluding hydrogens is 456 g/mol. The fourth-order valence-electron chi connectivity index (χ4n) is 4.43. The normalized spacial score (nSPS) is 13.2. The summed E-state index contributed by atoms with van der Waals surface area (Å²) in [6.45, 7) is 2.56. The number of aliphatic hydroxyl groups excluding tert-OH is 1. The van der Waals surface area contributed by atoms with Crippen molar-refractivity contribution in [2.75, 3.05) is 36.5 Å². The zero-order valence-electron chi connectivity index (χ0n) is 19.9. The molecule has 2 aromatic heterocycles. The lowest BCUT2D eigenvalue weighted by Crippen LogP contribution is -2.35. The van der Waals surface area contributed by atoms with Gasteiger partial charge in [-0.1, -0.05) is 18.2 Å². The standard InChI is InChI=1S/C27H28N6O3/c34-15-4-12-32-13-11-24-23(18-32)26(33(14-16-35)22-5-2-1-3-6-22)31-27(30-24)29-21-9-7-20(8-10-21)25-17-28-19-36-25/h1-3,5-10,15,17,19,35H,4,11-14,16,18H2,(H,29,30,31). The molecule has 0 atom stereocenters. The molecule has 0 spiro atoms. The van der Waals surface area contributed by atoms with E-state index in [2.05, 4.69) is 15.2 Å². The van der Waals surface area contributed by atoms with E-state index >= 15 is 0 Å². The largest absolute Gasteiger partial charge is 0.444 e. The average Bonchev–Trinajstić information content (AvgIpc) is 3.46. The summed E-state index contributed by atoms with van der Waals surface area (Å²) < 4.78 is 5.37. The third kappa shape index (κ3) is 5.27. The number of rotatable bonds is 10. The van der Waals surface area contributed by atoms with Crippen LogP contribution in [0.4, 0.5) is 23.1 Å². The monoisotopic (exact) mass is 484 g/mol. The molecule has 0 radical (unpaired) electrons. The molecule has 0 fully saturated rings. The van der Waals surface area contributed by atoms with Crippen LogP contribution < -0.4 is 10.2 Å². The van der Waals surface area contributed by atoms with E-state index in [0.717, 1.165) is 53.3 Å². The van der Waals surface area contributed by atoms with Gasteiger partial charge in [0.05, 0.1) is 18.5 Å². The lowest BCUT2D eigenvalue weighted by Gasteiger charge is -2.32. The minimum Gasteiger partial charge on any atom is -0.444 e. The number of oxazole rings is 1. The van der Waals surface area contributed by atoms with Gasteiger partial charge in [-0.3, -0.25) is 4.90 Å². The highest BCUT2D eigenvalue weighted by molar-refractivity contribution is 5.68. The SMILES string of the molecule is O=CCCN1CCc2nc(Nc3ccc(-c4cnco4)cc3)nc(N(CCO)c3ccccc3)c2C1. The Morgan fingerprint density at radius 3 is 2.67 bits per heavy atom. The summed E-state index contributed by atoms with van der Waals surface area (Å²) in [7, 11) is 0. The first-order chi connectivity index (χ1) is 17.7. The van der Waals surface area contributed by atoms with Crippen LogP contribution in [0, 0.1) is 0 Å². The predicted molar refractivity (Wildman–Crippen MR) is 137 cm³/mol. The van der Waals surface area contributed by atoms with Gasteiger partial charge in [0.15, 0.2) is 12.2 Å². The number of nitrogens with one attached hydrogen (secondary N) is 1. The van der Waals surface area contributed by atoms with Crippen molar-refractivity contribution in [2.45, 2.75) is 19.4 Å². The van der Waals surface area contributed by atoms with E-state index in [1.54, 1.807) is 6.20 Å². The van der Waals surface area contributed by atoms with Gasteiger partial charge < -0.3 is 24.5 Å². The number of anilines is 4. The summed E-state index contributed by atoms with van der Waals surface area (Å²) >= 11 is 0. The van der Waals surface area contributed by atoms with E-state index in [0.29, 0.717) is 37.8 Å². The van der Waals surface area contributed by atoms with Crippen molar-refractivity contribution in [3.63, 3.8) is 0 Å². The Balaban J connectivity index is 1.50. The van der Waals surface area contributed by atoms with E-state index in [-0.39, 0.29) is 6.61 Å². The maximum Gasteiger partial charge on any atom is 0.229 e. The first-order valence-electron chi connectivity index (χ1n) is 12.0. The maximum absolute atomic E-state index is 10.9. The molecular formula is C27H28N6O3. The van der Waals surface area contributed by atoms with Gasteiger partial charge >= 0.3 is 0 Å². The summed E-state index contributed by atoms with van der Waals surface area (Å²) in [5, 5.41) is 13.2. The van der Waals surface area contributed by atoms with Crippen LogP contribution in [-0.4, -0.2) is 57.5 Å². The molecule has 0 saturated heterocycles. The maximum atomic E-state index is 10.9. The summed E-state index contributed by atoms with van der Waals surface area (Å²) in [5.74, 6) is 1.96. The van der Waals surface area contributed by atoms with Gasteiger partial charge in [0.25, 0.3) is 0 Å². The Morgan fingerprint density at radius 2 is 1.94 bits per heavy atom. The number of nitrogens with zero attached hydrogens (tertiary/aromatic N) is 5. The number of aliphatic hydroxyl groups is 1. The van der Waals surface area contributed by atoms with Gasteiger partial charge in [0.1, 0.15) is 12.1 Å². The number of carbonyl (C=O) groups is 1. The van der Waals surface area contributed by atoms with Gasteiger partial charge in [0.2, 0.25) is 5.95 Å². The van der Waals surface area contributed by atoms with Crippen molar-refractivity contribution in [1.82, 2.24) is 19.9 Å². The number of hydrogen-bond acceptors (Lipinski definition) is 9. The van der Waals surface area contributed by atoms with Crippen LogP contribution in [-0.2, 0) is 17.8 Å². The molecule has 5 rings (SSSR count). The minimum atomic E-state index is -0.0195. The first-order valence-corrected chi connectivity index (χ1v) is 12.0. The topological polar surface area (TPSA) is 108 Å². The molecule has 3 heterocycles. The van der Waals surface area contributed by atoms with E-state index in [9.17, 15) is 9.90 Å². The van der Waals surface area contributed by atoms with Crippen molar-refractivity contribution in [2.24, 2.45) is 0 Å². The molecule has 184 valence electrons. The smallest absolute Gasteiger partial charge is 0.229 e. The molecule has 0 saturated carbocycles. The second-order valence-corrected chi connectivity index (χ2v) is 8.56. The number of aromatic nitrogens is 3. The van der Waals surface area contributed by atoms with Crippen LogP contribution in [0.3, 0.4) is 0 Å². The zero-order chi connectivity index (χ0) is 24.7. The third-order valence-electron chi connectivity index (χ3n) is 6.19. The van der Waals surface area contributed by atoms with E-state index in [1.807, 2.05) is 59.5 Å². The number of para-hydroxylation sites is 1. The minimum absolute atomic E-state index is 0.0195. The molecule has 9 nitrogen and oxygen atoms in total. The molecule has 1 aliphatic heterocycles. The Kier molecular flexibility index (Phi) is 7.30. The number of carbonyl (C=O) groups excluding carboxylic acids is 1. The molecule has 36 heavy (non-hydrogen) atoms. The molecule has 1 aliphatic rings. The molecule has 0 unspecified atom stereocenters. The summed E-state index contributed by atoms with van der Waals surface area (Å²) in [6.07, 6.45) is 5.29. The summed E-state index contributed by atoms with van der Waals surface area (Å²) in [5.41, 5.74) is 4.72. The van der Waals surface area contributed by atoms with Crippen molar-refractivity contribution in [3.8, 4) is 11.3 Å². The van der Waals surface area contributed by atoms with Crippen molar-refractivity contribution in [3.05, 3.63) is 78.4 Å². The Morgan fingerprint density at radius 1 is 1.11 bits per heavy atom. The van der Waals surface area contributed by atoms with Crippen LogP contribution in [0.5, 0.6) is 0 Å². The molecule has 9 heteroatoms. The summed E-state index contributed by atoms with van der Waals surface area (Å²) in [4.78, 5) is 29.0. The second-order valence-electron chi connectivity index (χ2n) is 8.56. The highest BCUT2D eigenvalue weighted by Gasteiger charge is 2.26. The predicted octanol–water partition coefficient (Wildman–Crippen LogP) is 3.95. The molecule has 4 aromatic rings. The number of benzene rings is 2. The fraction of sp³-hybridized carbons (Fsp3) is 0.259. The van der Waals surface area contributed by atoms with Gasteiger partial charge in [0, 0.05) is 61.5 Å². The van der Waals surface area contributed by atoms with E-state index < -0.39 is 0 Å². The summed E-state index contributed by atoms with van der Waals surface area (Å²) in [6, 6.07) is 17.7. The lowest BCUT2D eigenvalue weighted by molar-refractivity contribution is -0.108. The molecule has 0 aliphatic carbocycles. The van der Waals surface area contributed by atoms with Gasteiger partial charge in [-0.25, -0.2) is 9.97 Å². The molecule has 2 N–H and O–H groups in total. The lowest BCUT2D eigenvalue weighted by atomic mass is 10.0. The molecule has 2 aromatic carbocycles. The van der Waals surface area contributed by atoms with Gasteiger partial charge in [-0.2, -0.15) is 4.98 Å². The second kappa shape index (κ2) is 11.1. The van der Waals surface area contributed by atoms with Crippen LogP contribution in [0.25, 0.3) is 11.3 Å².